The zero-order valence-electron chi connectivity index (χ0n) is 10.4. The number of nitrogens with one attached hydrogen (secondary N) is 1. The topological polar surface area (TPSA) is 69.6 Å². The van der Waals surface area contributed by atoms with Crippen LogP contribution >= 0.6 is 0 Å². The maximum absolute atomic E-state index is 12.1. The fraction of sp³-hybridized carbons (Fsp3) is 0.500. The first-order valence-corrected chi connectivity index (χ1v) is 7.62. The number of aliphatic hydroxyl groups excluding tert-OH is 1. The van der Waals surface area contributed by atoms with Crippen LogP contribution in [-0.2, 0) is 16.4 Å². The van der Waals surface area contributed by atoms with Crippen molar-refractivity contribution in [2.75, 3.05) is 35.6 Å². The first kappa shape index (κ1) is 13.2. The summed E-state index contributed by atoms with van der Waals surface area (Å²) in [6, 6.07) is 5.61. The van der Waals surface area contributed by atoms with Crippen LogP contribution < -0.4 is 9.62 Å². The zero-order chi connectivity index (χ0) is 13.2. The van der Waals surface area contributed by atoms with Crippen LogP contribution in [0.4, 0.5) is 11.4 Å². The highest BCUT2D eigenvalue weighted by Crippen LogP contribution is 2.34. The first-order chi connectivity index (χ1) is 8.60. The Hall–Kier alpha value is -1.27. The maximum atomic E-state index is 12.1. The lowest BCUT2D eigenvalue weighted by molar-refractivity contribution is 0.291. The van der Waals surface area contributed by atoms with Crippen LogP contribution in [0.5, 0.6) is 0 Å². The highest BCUT2D eigenvalue weighted by molar-refractivity contribution is 7.92. The van der Waals surface area contributed by atoms with E-state index in [0.717, 1.165) is 16.9 Å². The Balaban J connectivity index is 2.45. The summed E-state index contributed by atoms with van der Waals surface area (Å²) in [6.07, 6.45) is 0.979. The Bertz CT molecular complexity index is 528. The van der Waals surface area contributed by atoms with Crippen LogP contribution in [0.15, 0.2) is 18.2 Å². The molecule has 0 bridgehead atoms. The van der Waals surface area contributed by atoms with Crippen LogP contribution in [-0.4, -0.2) is 39.5 Å². The van der Waals surface area contributed by atoms with E-state index in [1.807, 2.05) is 25.2 Å². The fourth-order valence-electron chi connectivity index (χ4n) is 2.27. The van der Waals surface area contributed by atoms with E-state index >= 15 is 0 Å². The van der Waals surface area contributed by atoms with Gasteiger partial charge in [-0.15, -0.1) is 0 Å². The molecule has 0 saturated carbocycles. The van der Waals surface area contributed by atoms with Crippen LogP contribution in [0.1, 0.15) is 12.0 Å². The second-order valence-electron chi connectivity index (χ2n) is 4.27. The molecule has 1 aromatic carbocycles. The van der Waals surface area contributed by atoms with E-state index in [9.17, 15) is 8.42 Å². The predicted molar refractivity (Wildman–Crippen MR) is 72.5 cm³/mol. The SMILES string of the molecule is CNc1cccc2c1CCS(=O)(=O)N2CCCO. The van der Waals surface area contributed by atoms with Gasteiger partial charge in [-0.25, -0.2) is 8.42 Å². The Kier molecular flexibility index (Phi) is 3.77. The average molecular weight is 270 g/mol. The van der Waals surface area contributed by atoms with Gasteiger partial charge in [0.1, 0.15) is 0 Å². The van der Waals surface area contributed by atoms with E-state index in [1.54, 1.807) is 0 Å². The number of nitrogens with zero attached hydrogens (tertiary/aromatic N) is 1. The summed E-state index contributed by atoms with van der Waals surface area (Å²) in [6.45, 7) is 0.325. The molecule has 2 N–H and O–H groups in total. The molecular formula is C12H18N2O3S. The molecule has 2 rings (SSSR count). The number of benzene rings is 1. The lowest BCUT2D eigenvalue weighted by atomic mass is 10.1. The third kappa shape index (κ3) is 2.30. The molecule has 1 aliphatic heterocycles. The predicted octanol–water partition coefficient (Wildman–Crippen LogP) is 0.803. The number of rotatable bonds is 4. The number of fused-ring (bicyclic) bond motifs is 1. The lowest BCUT2D eigenvalue weighted by Gasteiger charge is -2.31. The van der Waals surface area contributed by atoms with E-state index in [2.05, 4.69) is 5.32 Å². The van der Waals surface area contributed by atoms with Crippen molar-refractivity contribution in [3.05, 3.63) is 23.8 Å². The Morgan fingerprint density at radius 1 is 1.44 bits per heavy atom. The lowest BCUT2D eigenvalue weighted by Crippen LogP contribution is -2.39. The molecule has 5 nitrogen and oxygen atoms in total. The third-order valence-corrected chi connectivity index (χ3v) is 4.93. The summed E-state index contributed by atoms with van der Waals surface area (Å²) in [5.41, 5.74) is 2.74. The van der Waals surface area contributed by atoms with Gasteiger partial charge in [-0.2, -0.15) is 0 Å². The fourth-order valence-corrected chi connectivity index (χ4v) is 3.83. The molecule has 0 aliphatic carbocycles. The summed E-state index contributed by atoms with van der Waals surface area (Å²) >= 11 is 0. The van der Waals surface area contributed by atoms with E-state index in [-0.39, 0.29) is 12.4 Å². The molecule has 1 heterocycles. The van der Waals surface area contributed by atoms with Crippen molar-refractivity contribution in [3.63, 3.8) is 0 Å². The van der Waals surface area contributed by atoms with Crippen LogP contribution in [0, 0.1) is 0 Å². The largest absolute Gasteiger partial charge is 0.396 e. The smallest absolute Gasteiger partial charge is 0.235 e. The minimum absolute atomic E-state index is 0.00687. The van der Waals surface area contributed by atoms with Gasteiger partial charge in [0.15, 0.2) is 0 Å². The standard InChI is InChI=1S/C12H18N2O3S/c1-13-11-4-2-5-12-10(11)6-9-18(16,17)14(12)7-3-8-15/h2,4-5,13,15H,3,6-9H2,1H3. The van der Waals surface area contributed by atoms with E-state index in [0.29, 0.717) is 19.4 Å². The molecule has 0 aromatic heterocycles. The third-order valence-electron chi connectivity index (χ3n) is 3.15. The molecule has 100 valence electrons. The molecule has 0 unspecified atom stereocenters. The van der Waals surface area contributed by atoms with Gasteiger partial charge in [-0.3, -0.25) is 4.31 Å². The van der Waals surface area contributed by atoms with Crippen LogP contribution in [0.3, 0.4) is 0 Å². The molecule has 1 aromatic rings. The van der Waals surface area contributed by atoms with Crippen molar-refractivity contribution in [1.29, 1.82) is 0 Å². The summed E-state index contributed by atoms with van der Waals surface area (Å²) in [4.78, 5) is 0. The van der Waals surface area contributed by atoms with Crippen LogP contribution in [0.25, 0.3) is 0 Å². The molecule has 6 heteroatoms. The Morgan fingerprint density at radius 2 is 2.22 bits per heavy atom. The van der Waals surface area contributed by atoms with E-state index in [4.69, 9.17) is 5.11 Å². The summed E-state index contributed by atoms with van der Waals surface area (Å²) in [5.74, 6) is 0.129. The van der Waals surface area contributed by atoms with Gasteiger partial charge in [-0.05, 0) is 25.0 Å². The summed E-state index contributed by atoms with van der Waals surface area (Å²) < 4.78 is 25.6. The highest BCUT2D eigenvalue weighted by Gasteiger charge is 2.30. The van der Waals surface area contributed by atoms with Crippen molar-refractivity contribution in [2.45, 2.75) is 12.8 Å². The van der Waals surface area contributed by atoms with E-state index < -0.39 is 10.0 Å². The van der Waals surface area contributed by atoms with Gasteiger partial charge in [-0.1, -0.05) is 6.07 Å². The van der Waals surface area contributed by atoms with Gasteiger partial charge in [0.25, 0.3) is 0 Å². The van der Waals surface area contributed by atoms with Crippen molar-refractivity contribution in [3.8, 4) is 0 Å². The van der Waals surface area contributed by atoms with Crippen molar-refractivity contribution < 1.29 is 13.5 Å². The van der Waals surface area contributed by atoms with E-state index in [1.165, 1.54) is 4.31 Å². The van der Waals surface area contributed by atoms with Gasteiger partial charge < -0.3 is 10.4 Å². The molecular weight excluding hydrogens is 252 g/mol. The Morgan fingerprint density at radius 3 is 2.89 bits per heavy atom. The van der Waals surface area contributed by atoms with Gasteiger partial charge >= 0.3 is 0 Å². The molecule has 0 fully saturated rings. The number of aliphatic hydroxyl groups is 1. The molecule has 0 radical (unpaired) electrons. The van der Waals surface area contributed by atoms with Gasteiger partial charge in [0.05, 0.1) is 11.4 Å². The quantitative estimate of drug-likeness (QED) is 0.849. The number of sulfonamides is 1. The molecule has 1 aliphatic rings. The summed E-state index contributed by atoms with van der Waals surface area (Å²) in [5, 5.41) is 12.0. The molecule has 0 amide bonds. The van der Waals surface area contributed by atoms with Crippen LogP contribution in [0.2, 0.25) is 0 Å². The zero-order valence-corrected chi connectivity index (χ0v) is 11.2. The first-order valence-electron chi connectivity index (χ1n) is 6.01. The molecule has 0 saturated heterocycles. The Labute approximate surface area is 107 Å². The highest BCUT2D eigenvalue weighted by atomic mass is 32.2. The van der Waals surface area contributed by atoms with Crippen molar-refractivity contribution in [2.24, 2.45) is 0 Å². The molecule has 18 heavy (non-hydrogen) atoms. The number of anilines is 2. The number of hydrogen-bond acceptors (Lipinski definition) is 4. The van der Waals surface area contributed by atoms with Gasteiger partial charge in [0.2, 0.25) is 10.0 Å². The monoisotopic (exact) mass is 270 g/mol. The second-order valence-corrected chi connectivity index (χ2v) is 6.28. The van der Waals surface area contributed by atoms with Crippen molar-refractivity contribution in [1.82, 2.24) is 0 Å². The minimum atomic E-state index is -3.24. The second kappa shape index (κ2) is 5.16. The minimum Gasteiger partial charge on any atom is -0.396 e. The normalized spacial score (nSPS) is 17.3. The average Bonchev–Trinajstić information content (AvgIpc) is 2.36. The summed E-state index contributed by atoms with van der Waals surface area (Å²) in [7, 11) is -1.41. The maximum Gasteiger partial charge on any atom is 0.235 e. The molecule has 0 spiro atoms. The van der Waals surface area contributed by atoms with Crippen molar-refractivity contribution >= 4 is 21.4 Å². The van der Waals surface area contributed by atoms with Gasteiger partial charge in [0, 0.05) is 31.5 Å². The molecule has 0 atom stereocenters. The number of hydrogen-bond donors (Lipinski definition) is 2.